The third-order valence-electron chi connectivity index (χ3n) is 2.93. The highest BCUT2D eigenvalue weighted by molar-refractivity contribution is 7.18. The summed E-state index contributed by atoms with van der Waals surface area (Å²) in [7, 11) is 0. The van der Waals surface area contributed by atoms with E-state index in [0.717, 1.165) is 28.3 Å². The molecule has 6 nitrogen and oxygen atoms in total. The number of aryl methyl sites for hydroxylation is 1. The number of nitrogens with one attached hydrogen (secondary N) is 2. The van der Waals surface area contributed by atoms with E-state index in [1.165, 1.54) is 4.88 Å². The van der Waals surface area contributed by atoms with Crippen molar-refractivity contribution in [1.82, 2.24) is 19.9 Å². The lowest BCUT2D eigenvalue weighted by Gasteiger charge is -2.08. The molecule has 0 unspecified atom stereocenters. The molecule has 0 fully saturated rings. The highest BCUT2D eigenvalue weighted by atomic mass is 32.1. The Kier molecular flexibility index (Phi) is 3.92. The number of fused-ring (bicyclic) bond motifs is 1. The van der Waals surface area contributed by atoms with Crippen molar-refractivity contribution in [3.8, 4) is 0 Å². The van der Waals surface area contributed by atoms with Crippen LogP contribution in [0.1, 0.15) is 17.5 Å². The Bertz CT molecular complexity index is 740. The number of anilines is 2. The molecule has 3 aromatic rings. The highest BCUT2D eigenvalue weighted by Gasteiger charge is 2.10. The first-order valence-electron chi connectivity index (χ1n) is 6.77. The van der Waals surface area contributed by atoms with Gasteiger partial charge in [0, 0.05) is 17.6 Å². The number of hydrogen-bond acceptors (Lipinski definition) is 7. The van der Waals surface area contributed by atoms with Gasteiger partial charge in [0.2, 0.25) is 5.95 Å². The lowest BCUT2D eigenvalue weighted by Crippen LogP contribution is -2.07. The van der Waals surface area contributed by atoms with E-state index in [-0.39, 0.29) is 0 Å². The molecule has 0 aliphatic carbocycles. The molecule has 0 saturated carbocycles. The molecule has 2 N–H and O–H groups in total. The zero-order valence-corrected chi connectivity index (χ0v) is 12.7. The summed E-state index contributed by atoms with van der Waals surface area (Å²) in [5.74, 6) is 1.48. The summed E-state index contributed by atoms with van der Waals surface area (Å²) in [6.45, 7) is 5.50. The maximum absolute atomic E-state index is 4.55. The zero-order chi connectivity index (χ0) is 14.7. The van der Waals surface area contributed by atoms with Gasteiger partial charge in [-0.05, 0) is 26.0 Å². The molecular formula is C14H16N6S. The number of nitrogens with zero attached hydrogens (tertiary/aromatic N) is 4. The first kappa shape index (κ1) is 13.7. The monoisotopic (exact) mass is 300 g/mol. The van der Waals surface area contributed by atoms with Crippen molar-refractivity contribution in [3.63, 3.8) is 0 Å². The molecule has 3 rings (SSSR count). The molecule has 7 heteroatoms. The summed E-state index contributed by atoms with van der Waals surface area (Å²) in [5.41, 5.74) is 0.925. The number of rotatable bonds is 5. The van der Waals surface area contributed by atoms with Gasteiger partial charge in [-0.15, -0.1) is 11.3 Å². The van der Waals surface area contributed by atoms with Gasteiger partial charge in [0.1, 0.15) is 17.0 Å². The Morgan fingerprint density at radius 1 is 1.24 bits per heavy atom. The topological polar surface area (TPSA) is 75.6 Å². The summed E-state index contributed by atoms with van der Waals surface area (Å²) in [6, 6.07) is 3.99. The Hall–Kier alpha value is -2.28. The smallest absolute Gasteiger partial charge is 0.226 e. The summed E-state index contributed by atoms with van der Waals surface area (Å²) < 4.78 is 0. The minimum absolute atomic E-state index is 0.606. The summed E-state index contributed by atoms with van der Waals surface area (Å²) in [4.78, 5) is 19.4. The van der Waals surface area contributed by atoms with Crippen LogP contribution in [-0.4, -0.2) is 26.5 Å². The maximum Gasteiger partial charge on any atom is 0.226 e. The fourth-order valence-electron chi connectivity index (χ4n) is 2.01. The van der Waals surface area contributed by atoms with E-state index < -0.39 is 0 Å². The molecule has 0 bridgehead atoms. The Morgan fingerprint density at radius 3 is 2.90 bits per heavy atom. The molecule has 0 aliphatic heterocycles. The molecule has 108 valence electrons. The van der Waals surface area contributed by atoms with E-state index >= 15 is 0 Å². The van der Waals surface area contributed by atoms with Gasteiger partial charge >= 0.3 is 0 Å². The third-order valence-corrected chi connectivity index (χ3v) is 3.88. The average Bonchev–Trinajstić information content (AvgIpc) is 2.86. The largest absolute Gasteiger partial charge is 0.364 e. The Labute approximate surface area is 126 Å². The highest BCUT2D eigenvalue weighted by Crippen LogP contribution is 2.29. The van der Waals surface area contributed by atoms with E-state index in [4.69, 9.17) is 0 Å². The second-order valence-corrected chi connectivity index (χ2v) is 5.79. The molecule has 3 heterocycles. The molecule has 0 aliphatic rings. The van der Waals surface area contributed by atoms with E-state index in [0.29, 0.717) is 12.5 Å². The minimum atomic E-state index is 0.606. The molecular weight excluding hydrogens is 284 g/mol. The van der Waals surface area contributed by atoms with Gasteiger partial charge in [-0.1, -0.05) is 0 Å². The first-order chi connectivity index (χ1) is 10.3. The van der Waals surface area contributed by atoms with Gasteiger partial charge in [0.05, 0.1) is 17.6 Å². The standard InChI is InChI=1S/C14H16N6S/c1-3-16-14-19-12(11-6-9(2)21-13(11)20-14)17-7-10-4-5-15-8-18-10/h4-6,8H,3,7H2,1-2H3,(H2,16,17,19,20). The molecule has 0 spiro atoms. The van der Waals surface area contributed by atoms with Crippen molar-refractivity contribution in [2.24, 2.45) is 0 Å². The maximum atomic E-state index is 4.55. The van der Waals surface area contributed by atoms with Crippen LogP contribution in [0.3, 0.4) is 0 Å². The van der Waals surface area contributed by atoms with Crippen LogP contribution >= 0.6 is 11.3 Å². The number of aromatic nitrogens is 4. The van der Waals surface area contributed by atoms with E-state index in [1.54, 1.807) is 23.9 Å². The predicted molar refractivity (Wildman–Crippen MR) is 85.7 cm³/mol. The summed E-state index contributed by atoms with van der Waals surface area (Å²) in [5, 5.41) is 7.56. The SMILES string of the molecule is CCNc1nc(NCc2ccncn2)c2cc(C)sc2n1. The first-order valence-corrected chi connectivity index (χ1v) is 7.58. The predicted octanol–water partition coefficient (Wildman–Crippen LogP) is 2.83. The van der Waals surface area contributed by atoms with Gasteiger partial charge < -0.3 is 10.6 Å². The second kappa shape index (κ2) is 6.01. The lowest BCUT2D eigenvalue weighted by molar-refractivity contribution is 0.995. The molecule has 21 heavy (non-hydrogen) atoms. The van der Waals surface area contributed by atoms with Crippen molar-refractivity contribution in [3.05, 3.63) is 35.2 Å². The Balaban J connectivity index is 1.91. The lowest BCUT2D eigenvalue weighted by atomic mass is 10.3. The van der Waals surface area contributed by atoms with E-state index in [1.807, 2.05) is 13.0 Å². The van der Waals surface area contributed by atoms with Gasteiger partial charge in [-0.25, -0.2) is 15.0 Å². The van der Waals surface area contributed by atoms with Gasteiger partial charge in [-0.2, -0.15) is 4.98 Å². The van der Waals surface area contributed by atoms with Crippen LogP contribution in [0, 0.1) is 6.92 Å². The molecule has 0 amide bonds. The summed E-state index contributed by atoms with van der Waals surface area (Å²) >= 11 is 1.67. The van der Waals surface area contributed by atoms with Crippen LogP contribution in [0.15, 0.2) is 24.7 Å². The fraction of sp³-hybridized carbons (Fsp3) is 0.286. The van der Waals surface area contributed by atoms with Crippen LogP contribution in [0.5, 0.6) is 0 Å². The van der Waals surface area contributed by atoms with Crippen molar-refractivity contribution in [1.29, 1.82) is 0 Å². The average molecular weight is 300 g/mol. The second-order valence-electron chi connectivity index (χ2n) is 4.56. The van der Waals surface area contributed by atoms with Crippen molar-refractivity contribution in [2.45, 2.75) is 20.4 Å². The quantitative estimate of drug-likeness (QED) is 0.754. The molecule has 0 atom stereocenters. The van der Waals surface area contributed by atoms with Crippen LogP contribution in [0.4, 0.5) is 11.8 Å². The number of hydrogen-bond donors (Lipinski definition) is 2. The molecule has 0 aromatic carbocycles. The minimum Gasteiger partial charge on any atom is -0.364 e. The number of thiophene rings is 1. The van der Waals surface area contributed by atoms with Crippen molar-refractivity contribution < 1.29 is 0 Å². The van der Waals surface area contributed by atoms with Gasteiger partial charge in [0.15, 0.2) is 0 Å². The summed E-state index contributed by atoms with van der Waals surface area (Å²) in [6.07, 6.45) is 3.28. The van der Waals surface area contributed by atoms with E-state index in [9.17, 15) is 0 Å². The van der Waals surface area contributed by atoms with Gasteiger partial charge in [0.25, 0.3) is 0 Å². The zero-order valence-electron chi connectivity index (χ0n) is 11.9. The fourth-order valence-corrected chi connectivity index (χ4v) is 2.89. The third kappa shape index (κ3) is 3.08. The Morgan fingerprint density at radius 2 is 2.14 bits per heavy atom. The normalized spacial score (nSPS) is 10.8. The van der Waals surface area contributed by atoms with Crippen molar-refractivity contribution in [2.75, 3.05) is 17.2 Å². The van der Waals surface area contributed by atoms with Crippen LogP contribution in [-0.2, 0) is 6.54 Å². The van der Waals surface area contributed by atoms with E-state index in [2.05, 4.69) is 43.6 Å². The molecule has 3 aromatic heterocycles. The molecule has 0 radical (unpaired) electrons. The van der Waals surface area contributed by atoms with Crippen LogP contribution in [0.25, 0.3) is 10.2 Å². The van der Waals surface area contributed by atoms with Crippen LogP contribution < -0.4 is 10.6 Å². The molecule has 0 saturated heterocycles. The van der Waals surface area contributed by atoms with Gasteiger partial charge in [-0.3, -0.25) is 0 Å². The van der Waals surface area contributed by atoms with Crippen LogP contribution in [0.2, 0.25) is 0 Å². The van der Waals surface area contributed by atoms with Crippen molar-refractivity contribution >= 4 is 33.3 Å².